The molecule has 19 heavy (non-hydrogen) atoms. The van der Waals surface area contributed by atoms with Gasteiger partial charge in [-0.05, 0) is 52.1 Å². The fourth-order valence-electron chi connectivity index (χ4n) is 3.72. The molecule has 1 saturated carbocycles. The van der Waals surface area contributed by atoms with E-state index in [1.165, 1.54) is 38.5 Å². The van der Waals surface area contributed by atoms with Crippen molar-refractivity contribution in [3.8, 4) is 0 Å². The van der Waals surface area contributed by atoms with Crippen LogP contribution in [0.15, 0.2) is 0 Å². The smallest absolute Gasteiger partial charge is 0.324 e. The minimum absolute atomic E-state index is 0.109. The largest absolute Gasteiger partial charge is 0.465 e. The number of esters is 1. The summed E-state index contributed by atoms with van der Waals surface area (Å²) in [5.74, 6) is 0.754. The maximum atomic E-state index is 11.9. The molecule has 1 saturated heterocycles. The van der Waals surface area contributed by atoms with Gasteiger partial charge >= 0.3 is 5.97 Å². The Hall–Kier alpha value is -0.610. The SMILES string of the molecule is CCOC(=O)C(CN1CCCC1C1CCCC1)NC. The third kappa shape index (κ3) is 3.69. The van der Waals surface area contributed by atoms with Crippen molar-refractivity contribution in [1.29, 1.82) is 0 Å². The van der Waals surface area contributed by atoms with Crippen molar-refractivity contribution in [2.24, 2.45) is 5.92 Å². The number of hydrogen-bond donors (Lipinski definition) is 1. The lowest BCUT2D eigenvalue weighted by Crippen LogP contribution is -2.48. The quantitative estimate of drug-likeness (QED) is 0.746. The zero-order valence-corrected chi connectivity index (χ0v) is 12.4. The maximum absolute atomic E-state index is 11.9. The Labute approximate surface area is 116 Å². The number of likely N-dealkylation sites (tertiary alicyclic amines) is 1. The second kappa shape index (κ2) is 7.25. The normalized spacial score (nSPS) is 26.7. The van der Waals surface area contributed by atoms with Crippen LogP contribution in [0.5, 0.6) is 0 Å². The predicted octanol–water partition coefficient (Wildman–Crippen LogP) is 1.79. The number of hydrogen-bond acceptors (Lipinski definition) is 4. The Bertz CT molecular complexity index is 290. The summed E-state index contributed by atoms with van der Waals surface area (Å²) in [5.41, 5.74) is 0. The summed E-state index contributed by atoms with van der Waals surface area (Å²) < 4.78 is 5.14. The fourth-order valence-corrected chi connectivity index (χ4v) is 3.72. The number of likely N-dealkylation sites (N-methyl/N-ethyl adjacent to an activating group) is 1. The Morgan fingerprint density at radius 1 is 1.32 bits per heavy atom. The molecule has 1 heterocycles. The van der Waals surface area contributed by atoms with Crippen molar-refractivity contribution in [3.63, 3.8) is 0 Å². The zero-order chi connectivity index (χ0) is 13.7. The first kappa shape index (κ1) is 14.8. The van der Waals surface area contributed by atoms with E-state index >= 15 is 0 Å². The first-order valence-electron chi connectivity index (χ1n) is 7.84. The van der Waals surface area contributed by atoms with E-state index in [9.17, 15) is 4.79 Å². The lowest BCUT2D eigenvalue weighted by molar-refractivity contribution is -0.146. The molecule has 2 unspecified atom stereocenters. The molecule has 0 amide bonds. The topological polar surface area (TPSA) is 41.6 Å². The number of carbonyl (C=O) groups excluding carboxylic acids is 1. The van der Waals surface area contributed by atoms with Crippen LogP contribution in [-0.2, 0) is 9.53 Å². The fraction of sp³-hybridized carbons (Fsp3) is 0.933. The Balaban J connectivity index is 1.90. The summed E-state index contributed by atoms with van der Waals surface area (Å²) in [7, 11) is 1.85. The van der Waals surface area contributed by atoms with Gasteiger partial charge in [-0.2, -0.15) is 0 Å². The maximum Gasteiger partial charge on any atom is 0.324 e. The Morgan fingerprint density at radius 2 is 2.05 bits per heavy atom. The molecule has 4 heteroatoms. The van der Waals surface area contributed by atoms with Crippen molar-refractivity contribution in [2.75, 3.05) is 26.7 Å². The molecule has 1 N–H and O–H groups in total. The summed E-state index contributed by atoms with van der Waals surface area (Å²) in [6.07, 6.45) is 8.13. The van der Waals surface area contributed by atoms with E-state index in [1.54, 1.807) is 0 Å². The zero-order valence-electron chi connectivity index (χ0n) is 12.4. The minimum Gasteiger partial charge on any atom is -0.465 e. The average Bonchev–Trinajstić information content (AvgIpc) is 3.06. The Kier molecular flexibility index (Phi) is 5.64. The molecule has 2 atom stereocenters. The van der Waals surface area contributed by atoms with Gasteiger partial charge in [-0.25, -0.2) is 0 Å². The molecule has 110 valence electrons. The van der Waals surface area contributed by atoms with E-state index in [2.05, 4.69) is 10.2 Å². The summed E-state index contributed by atoms with van der Waals surface area (Å²) in [5, 5.41) is 3.11. The second-order valence-electron chi connectivity index (χ2n) is 5.84. The van der Waals surface area contributed by atoms with Crippen LogP contribution in [0.3, 0.4) is 0 Å². The van der Waals surface area contributed by atoms with Crippen LogP contribution in [0.1, 0.15) is 45.4 Å². The van der Waals surface area contributed by atoms with Gasteiger partial charge in [0, 0.05) is 12.6 Å². The highest BCUT2D eigenvalue weighted by Gasteiger charge is 2.35. The third-order valence-electron chi connectivity index (χ3n) is 4.69. The van der Waals surface area contributed by atoms with Crippen LogP contribution in [0.25, 0.3) is 0 Å². The molecule has 2 fully saturated rings. The molecular formula is C15H28N2O2. The number of nitrogens with zero attached hydrogens (tertiary/aromatic N) is 1. The van der Waals surface area contributed by atoms with Crippen molar-refractivity contribution in [2.45, 2.75) is 57.5 Å². The predicted molar refractivity (Wildman–Crippen MR) is 76.0 cm³/mol. The van der Waals surface area contributed by atoms with Gasteiger partial charge < -0.3 is 10.1 Å². The highest BCUT2D eigenvalue weighted by molar-refractivity contribution is 5.76. The van der Waals surface area contributed by atoms with E-state index in [0.29, 0.717) is 12.6 Å². The standard InChI is InChI=1S/C15H28N2O2/c1-3-19-15(18)13(16-2)11-17-10-6-9-14(17)12-7-4-5-8-12/h12-14,16H,3-11H2,1-2H3. The average molecular weight is 268 g/mol. The monoisotopic (exact) mass is 268 g/mol. The van der Waals surface area contributed by atoms with Gasteiger partial charge in [-0.3, -0.25) is 9.69 Å². The van der Waals surface area contributed by atoms with Gasteiger partial charge in [0.1, 0.15) is 6.04 Å². The molecule has 4 nitrogen and oxygen atoms in total. The van der Waals surface area contributed by atoms with E-state index < -0.39 is 0 Å². The van der Waals surface area contributed by atoms with Crippen molar-refractivity contribution in [3.05, 3.63) is 0 Å². The summed E-state index contributed by atoms with van der Waals surface area (Å²) in [4.78, 5) is 14.4. The van der Waals surface area contributed by atoms with E-state index in [-0.39, 0.29) is 12.0 Å². The van der Waals surface area contributed by atoms with Crippen molar-refractivity contribution in [1.82, 2.24) is 10.2 Å². The van der Waals surface area contributed by atoms with Crippen molar-refractivity contribution >= 4 is 5.97 Å². The Morgan fingerprint density at radius 3 is 2.68 bits per heavy atom. The number of nitrogens with one attached hydrogen (secondary N) is 1. The molecule has 0 spiro atoms. The van der Waals surface area contributed by atoms with E-state index in [4.69, 9.17) is 4.74 Å². The minimum atomic E-state index is -0.179. The van der Waals surface area contributed by atoms with Gasteiger partial charge in [0.05, 0.1) is 6.61 Å². The molecule has 0 aromatic carbocycles. The van der Waals surface area contributed by atoms with Gasteiger partial charge in [0.25, 0.3) is 0 Å². The molecule has 0 aromatic rings. The summed E-state index contributed by atoms with van der Waals surface area (Å²) >= 11 is 0. The molecule has 1 aliphatic heterocycles. The van der Waals surface area contributed by atoms with Crippen LogP contribution < -0.4 is 5.32 Å². The molecule has 2 rings (SSSR count). The van der Waals surface area contributed by atoms with Crippen LogP contribution in [0.4, 0.5) is 0 Å². The van der Waals surface area contributed by atoms with Gasteiger partial charge in [-0.15, -0.1) is 0 Å². The highest BCUT2D eigenvalue weighted by atomic mass is 16.5. The molecule has 0 aromatic heterocycles. The third-order valence-corrected chi connectivity index (χ3v) is 4.69. The van der Waals surface area contributed by atoms with Crippen LogP contribution in [0.2, 0.25) is 0 Å². The van der Waals surface area contributed by atoms with Crippen LogP contribution in [0, 0.1) is 5.92 Å². The van der Waals surface area contributed by atoms with Gasteiger partial charge in [0.2, 0.25) is 0 Å². The van der Waals surface area contributed by atoms with E-state index in [0.717, 1.165) is 19.0 Å². The lowest BCUT2D eigenvalue weighted by Gasteiger charge is -2.31. The van der Waals surface area contributed by atoms with Crippen LogP contribution in [-0.4, -0.2) is 49.7 Å². The van der Waals surface area contributed by atoms with E-state index in [1.807, 2.05) is 14.0 Å². The molecular weight excluding hydrogens is 240 g/mol. The summed E-state index contributed by atoms with van der Waals surface area (Å²) in [6.45, 7) is 4.26. The molecule has 1 aliphatic carbocycles. The van der Waals surface area contributed by atoms with Gasteiger partial charge in [-0.1, -0.05) is 12.8 Å². The first-order chi connectivity index (χ1) is 9.26. The number of rotatable bonds is 6. The summed E-state index contributed by atoms with van der Waals surface area (Å²) in [6, 6.07) is 0.523. The first-order valence-corrected chi connectivity index (χ1v) is 7.84. The second-order valence-corrected chi connectivity index (χ2v) is 5.84. The van der Waals surface area contributed by atoms with Crippen molar-refractivity contribution < 1.29 is 9.53 Å². The molecule has 0 bridgehead atoms. The van der Waals surface area contributed by atoms with Gasteiger partial charge in [0.15, 0.2) is 0 Å². The number of carbonyl (C=O) groups is 1. The number of ether oxygens (including phenoxy) is 1. The lowest BCUT2D eigenvalue weighted by atomic mass is 9.96. The molecule has 2 aliphatic rings. The molecule has 0 radical (unpaired) electrons. The van der Waals surface area contributed by atoms with Crippen LogP contribution >= 0.6 is 0 Å². The highest BCUT2D eigenvalue weighted by Crippen LogP contribution is 2.35.